The van der Waals surface area contributed by atoms with E-state index in [1.807, 2.05) is 4.90 Å². The van der Waals surface area contributed by atoms with Crippen LogP contribution in [0.4, 0.5) is 11.4 Å². The first-order valence-corrected chi connectivity index (χ1v) is 14.4. The molecule has 9 nitrogen and oxygen atoms in total. The molecule has 0 radical (unpaired) electrons. The van der Waals surface area contributed by atoms with Gasteiger partial charge in [0.05, 0.1) is 24.2 Å². The van der Waals surface area contributed by atoms with Crippen LogP contribution < -0.4 is 20.9 Å². The van der Waals surface area contributed by atoms with E-state index in [-0.39, 0.29) is 17.1 Å². The van der Waals surface area contributed by atoms with Crippen molar-refractivity contribution >= 4 is 33.0 Å². The van der Waals surface area contributed by atoms with Crippen LogP contribution in [0, 0.1) is 5.92 Å². The second-order valence-electron chi connectivity index (χ2n) is 9.52. The molecule has 1 saturated heterocycles. The summed E-state index contributed by atoms with van der Waals surface area (Å²) in [7, 11) is -3.51. The predicted molar refractivity (Wildman–Crippen MR) is 145 cm³/mol. The molecule has 0 bridgehead atoms. The van der Waals surface area contributed by atoms with E-state index in [0.29, 0.717) is 66.4 Å². The quantitative estimate of drug-likeness (QED) is 0.412. The molecule has 3 aromatic rings. The fourth-order valence-electron chi connectivity index (χ4n) is 4.51. The van der Waals surface area contributed by atoms with Gasteiger partial charge in [0, 0.05) is 36.9 Å². The summed E-state index contributed by atoms with van der Waals surface area (Å²) in [5, 5.41) is 4.89. The van der Waals surface area contributed by atoms with E-state index in [1.165, 1.54) is 21.8 Å². The fraction of sp³-hybridized carbons (Fsp3) is 0.385. The largest absolute Gasteiger partial charge is 0.486 e. The number of halogens is 1. The Balaban J connectivity index is 1.35. The molecule has 0 atom stereocenters. The van der Waals surface area contributed by atoms with Crippen molar-refractivity contribution in [2.45, 2.75) is 25.0 Å². The third-order valence-corrected chi connectivity index (χ3v) is 8.79. The zero-order chi connectivity index (χ0) is 26.0. The Hall–Kier alpha value is -3.08. The molecule has 2 fully saturated rings. The third-order valence-electron chi connectivity index (χ3n) is 6.71. The first-order valence-electron chi connectivity index (χ1n) is 12.4. The van der Waals surface area contributed by atoms with Crippen LogP contribution in [0.5, 0.6) is 5.75 Å². The van der Waals surface area contributed by atoms with Crippen molar-refractivity contribution < 1.29 is 13.2 Å². The molecule has 1 aliphatic heterocycles. The highest BCUT2D eigenvalue weighted by atomic mass is 35.5. The van der Waals surface area contributed by atoms with Crippen LogP contribution in [0.2, 0.25) is 5.02 Å². The van der Waals surface area contributed by atoms with E-state index < -0.39 is 10.0 Å². The second-order valence-corrected chi connectivity index (χ2v) is 11.9. The zero-order valence-electron chi connectivity index (χ0n) is 20.4. The number of nitrogen functional groups attached to an aromatic ring is 1. The molecular weight excluding hydrogens is 514 g/mol. The third kappa shape index (κ3) is 6.08. The summed E-state index contributed by atoms with van der Waals surface area (Å²) >= 11 is 6.13. The summed E-state index contributed by atoms with van der Waals surface area (Å²) < 4.78 is 34.9. The van der Waals surface area contributed by atoms with Gasteiger partial charge in [-0.1, -0.05) is 42.6 Å². The van der Waals surface area contributed by atoms with Crippen molar-refractivity contribution in [2.75, 3.05) is 43.4 Å². The molecule has 0 spiro atoms. The van der Waals surface area contributed by atoms with Crippen LogP contribution in [0.1, 0.15) is 24.8 Å². The summed E-state index contributed by atoms with van der Waals surface area (Å²) in [5.74, 6) is 0.783. The molecule has 5 rings (SSSR count). The van der Waals surface area contributed by atoms with Gasteiger partial charge in [-0.05, 0) is 48.2 Å². The van der Waals surface area contributed by atoms with E-state index in [9.17, 15) is 13.2 Å². The van der Waals surface area contributed by atoms with Crippen molar-refractivity contribution in [3.63, 3.8) is 0 Å². The summed E-state index contributed by atoms with van der Waals surface area (Å²) in [6, 6.07) is 13.9. The Morgan fingerprint density at radius 2 is 1.81 bits per heavy atom. The lowest BCUT2D eigenvalue weighted by molar-refractivity contribution is 0.295. The smallest absolute Gasteiger partial charge is 0.316 e. The summed E-state index contributed by atoms with van der Waals surface area (Å²) in [5.41, 5.74) is 7.75. The molecule has 1 saturated carbocycles. The van der Waals surface area contributed by atoms with Crippen molar-refractivity contribution in [3.8, 4) is 11.4 Å². The first-order chi connectivity index (χ1) is 17.8. The number of benzene rings is 2. The molecule has 11 heteroatoms. The normalized spacial score (nSPS) is 16.6. The molecule has 0 unspecified atom stereocenters. The molecule has 2 aliphatic rings. The molecule has 2 aromatic carbocycles. The average molecular weight is 544 g/mol. The van der Waals surface area contributed by atoms with Gasteiger partial charge in [0.15, 0.2) is 0 Å². The van der Waals surface area contributed by atoms with Gasteiger partial charge in [-0.15, -0.1) is 0 Å². The Kier molecular flexibility index (Phi) is 7.41. The van der Waals surface area contributed by atoms with E-state index in [0.717, 1.165) is 6.42 Å². The minimum atomic E-state index is -3.51. The summed E-state index contributed by atoms with van der Waals surface area (Å²) in [6.45, 7) is 1.86. The Morgan fingerprint density at radius 1 is 1.05 bits per heavy atom. The number of sulfonamides is 1. The second kappa shape index (κ2) is 10.7. The zero-order valence-corrected chi connectivity index (χ0v) is 22.0. The van der Waals surface area contributed by atoms with Gasteiger partial charge in [0.25, 0.3) is 0 Å². The number of anilines is 2. The maximum Gasteiger partial charge on any atom is 0.316 e. The lowest BCUT2D eigenvalue weighted by atomic mass is 10.2. The van der Waals surface area contributed by atoms with Crippen molar-refractivity contribution in [1.29, 1.82) is 0 Å². The monoisotopic (exact) mass is 543 g/mol. The maximum absolute atomic E-state index is 13.5. The maximum atomic E-state index is 13.5. The first kappa shape index (κ1) is 25.6. The van der Waals surface area contributed by atoms with Crippen LogP contribution in [-0.2, 0) is 15.8 Å². The number of aromatic nitrogens is 2. The van der Waals surface area contributed by atoms with Crippen molar-refractivity contribution in [1.82, 2.24) is 14.1 Å². The molecule has 0 amide bonds. The van der Waals surface area contributed by atoms with E-state index in [1.54, 1.807) is 54.7 Å². The van der Waals surface area contributed by atoms with Gasteiger partial charge in [-0.25, -0.2) is 8.42 Å². The van der Waals surface area contributed by atoms with Crippen LogP contribution in [-0.4, -0.2) is 55.3 Å². The van der Waals surface area contributed by atoms with Crippen LogP contribution in [0.3, 0.4) is 0 Å². The average Bonchev–Trinajstić information content (AvgIpc) is 3.69. The number of nitrogens with two attached hydrogens (primary N) is 1. The van der Waals surface area contributed by atoms with Gasteiger partial charge in [-0.3, -0.25) is 4.79 Å². The predicted octanol–water partition coefficient (Wildman–Crippen LogP) is 3.30. The Labute approximate surface area is 221 Å². The lowest BCUT2D eigenvalue weighted by Crippen LogP contribution is -2.49. The van der Waals surface area contributed by atoms with Crippen LogP contribution in [0.15, 0.2) is 59.5 Å². The van der Waals surface area contributed by atoms with E-state index in [4.69, 9.17) is 22.1 Å². The number of rotatable bonds is 9. The number of ether oxygens (including phenoxy) is 1. The molecular formula is C26H30ClN5O4S. The van der Waals surface area contributed by atoms with Crippen LogP contribution in [0.25, 0.3) is 5.69 Å². The minimum Gasteiger partial charge on any atom is -0.486 e. The number of hydrogen-bond acceptors (Lipinski definition) is 7. The number of piperazine rings is 1. The summed E-state index contributed by atoms with van der Waals surface area (Å²) in [6.07, 6.45) is 4.91. The molecule has 1 aromatic heterocycles. The minimum absolute atomic E-state index is 0.106. The summed E-state index contributed by atoms with van der Waals surface area (Å²) in [4.78, 5) is 15.4. The van der Waals surface area contributed by atoms with Crippen LogP contribution >= 0.6 is 11.6 Å². The van der Waals surface area contributed by atoms with Gasteiger partial charge in [-0.2, -0.15) is 14.1 Å². The highest BCUT2D eigenvalue weighted by Crippen LogP contribution is 2.33. The SMILES string of the molecule is Nc1cccc(CS(=O)(=O)N2CCN(c3cnn(-c4cccc(Cl)c4)c(=O)c3OCCC3CC3)CC2)c1. The fourth-order valence-corrected chi connectivity index (χ4v) is 6.20. The molecule has 2 heterocycles. The molecule has 2 N–H and O–H groups in total. The van der Waals surface area contributed by atoms with Gasteiger partial charge in [0.1, 0.15) is 5.69 Å². The van der Waals surface area contributed by atoms with Gasteiger partial charge < -0.3 is 15.4 Å². The lowest BCUT2D eigenvalue weighted by Gasteiger charge is -2.35. The standard InChI is InChI=1S/C26H30ClN5O4S/c27-21-4-2-6-23(16-21)32-26(33)25(36-14-9-19-7-8-19)24(17-29-32)30-10-12-31(13-11-30)37(34,35)18-20-3-1-5-22(28)15-20/h1-6,15-17,19H,7-14,18,28H2. The number of nitrogens with zero attached hydrogens (tertiary/aromatic N) is 4. The Morgan fingerprint density at radius 3 is 2.51 bits per heavy atom. The van der Waals surface area contributed by atoms with E-state index >= 15 is 0 Å². The highest BCUT2D eigenvalue weighted by Gasteiger charge is 2.30. The molecule has 1 aliphatic carbocycles. The van der Waals surface area contributed by atoms with Crippen molar-refractivity contribution in [2.24, 2.45) is 5.92 Å². The van der Waals surface area contributed by atoms with Gasteiger partial charge >= 0.3 is 5.56 Å². The van der Waals surface area contributed by atoms with E-state index in [2.05, 4.69) is 5.10 Å². The van der Waals surface area contributed by atoms with Crippen molar-refractivity contribution in [3.05, 3.63) is 75.7 Å². The molecule has 196 valence electrons. The Bertz CT molecular complexity index is 1430. The topological polar surface area (TPSA) is 111 Å². The highest BCUT2D eigenvalue weighted by molar-refractivity contribution is 7.88. The molecule has 37 heavy (non-hydrogen) atoms. The number of hydrogen-bond donors (Lipinski definition) is 1. The van der Waals surface area contributed by atoms with Gasteiger partial charge in [0.2, 0.25) is 15.8 Å².